The quantitative estimate of drug-likeness (QED) is 0.309. The number of aryl methyl sites for hydroxylation is 1. The summed E-state index contributed by atoms with van der Waals surface area (Å²) in [5, 5.41) is 11.9. The third-order valence-electron chi connectivity index (χ3n) is 7.78. The number of hydrogen-bond donors (Lipinski definition) is 0. The number of carbonyl (C=O) groups excluding carboxylic acids is 3. The molecule has 1 amide bonds. The zero-order valence-corrected chi connectivity index (χ0v) is 24.2. The van der Waals surface area contributed by atoms with E-state index in [1.165, 1.54) is 11.8 Å². The minimum Gasteiger partial charge on any atom is -0.464 e. The van der Waals surface area contributed by atoms with Crippen molar-refractivity contribution in [2.24, 2.45) is 17.8 Å². The van der Waals surface area contributed by atoms with Gasteiger partial charge >= 0.3 is 18.0 Å². The number of ether oxygens (including phenoxy) is 3. The summed E-state index contributed by atoms with van der Waals surface area (Å²) >= 11 is 0. The van der Waals surface area contributed by atoms with E-state index in [2.05, 4.69) is 29.3 Å². The van der Waals surface area contributed by atoms with Crippen LogP contribution in [0.25, 0.3) is 0 Å². The van der Waals surface area contributed by atoms with Crippen molar-refractivity contribution >= 4 is 18.0 Å². The highest BCUT2D eigenvalue weighted by Gasteiger charge is 2.49. The van der Waals surface area contributed by atoms with Crippen LogP contribution in [0.2, 0.25) is 0 Å². The van der Waals surface area contributed by atoms with Gasteiger partial charge in [-0.1, -0.05) is 26.7 Å². The SMILES string of the molecule is CCC(CC)COC(=O)[C@@H]1C[C@H]2C[C@@](F)(CCc3nnn(COC(C)=O)n3)CC[C@H]2CN1C(=O)OC(C)(C)C. The molecule has 0 aromatic carbocycles. The molecule has 0 N–H and O–H groups in total. The summed E-state index contributed by atoms with van der Waals surface area (Å²) < 4.78 is 32.2. The zero-order chi connectivity index (χ0) is 28.8. The number of aromatic nitrogens is 4. The smallest absolute Gasteiger partial charge is 0.411 e. The summed E-state index contributed by atoms with van der Waals surface area (Å²) in [6, 6.07) is -0.805. The maximum Gasteiger partial charge on any atom is 0.411 e. The topological polar surface area (TPSA) is 126 Å². The van der Waals surface area contributed by atoms with E-state index in [4.69, 9.17) is 14.2 Å². The lowest BCUT2D eigenvalue weighted by Gasteiger charge is -2.48. The second-order valence-corrected chi connectivity index (χ2v) is 12.0. The molecule has 4 atom stereocenters. The molecule has 3 rings (SSSR count). The van der Waals surface area contributed by atoms with E-state index in [9.17, 15) is 14.4 Å². The maximum atomic E-state index is 16.1. The average molecular weight is 554 g/mol. The molecule has 0 radical (unpaired) electrons. The molecule has 11 nitrogen and oxygen atoms in total. The van der Waals surface area contributed by atoms with Crippen LogP contribution in [-0.2, 0) is 37.0 Å². The first kappa shape index (κ1) is 30.7. The first-order valence-corrected chi connectivity index (χ1v) is 14.1. The van der Waals surface area contributed by atoms with Gasteiger partial charge in [-0.3, -0.25) is 9.69 Å². The monoisotopic (exact) mass is 553 g/mol. The Hall–Kier alpha value is -2.79. The molecule has 1 saturated carbocycles. The normalized spacial score (nSPS) is 25.2. The standard InChI is InChI=1S/C27H44FN5O6/c1-7-19(8-2)16-37-24(35)22-13-21-14-27(28,12-10-23-29-31-33(30-23)17-38-18(3)34)11-9-20(21)15-32(22)25(36)39-26(4,5)6/h19-22H,7-17H2,1-6H3/t20-,21-,22-,27-/m0/s1. The molecule has 1 aromatic heterocycles. The number of hydrogen-bond acceptors (Lipinski definition) is 9. The predicted octanol–water partition coefficient (Wildman–Crippen LogP) is 4.24. The van der Waals surface area contributed by atoms with Crippen molar-refractivity contribution in [1.29, 1.82) is 0 Å². The number of esters is 2. The zero-order valence-electron chi connectivity index (χ0n) is 24.2. The highest BCUT2D eigenvalue weighted by atomic mass is 19.1. The number of amides is 1. The van der Waals surface area contributed by atoms with Crippen LogP contribution in [0, 0.1) is 17.8 Å². The van der Waals surface area contributed by atoms with E-state index in [0.29, 0.717) is 44.7 Å². The fraction of sp³-hybridized carbons (Fsp3) is 0.852. The Morgan fingerprint density at radius 1 is 1.15 bits per heavy atom. The van der Waals surface area contributed by atoms with Crippen molar-refractivity contribution < 1.29 is 33.0 Å². The molecule has 2 fully saturated rings. The molecule has 1 aromatic rings. The van der Waals surface area contributed by atoms with E-state index < -0.39 is 35.3 Å². The van der Waals surface area contributed by atoms with Gasteiger partial charge in [0.25, 0.3) is 0 Å². The Kier molecular flexibility index (Phi) is 10.3. The van der Waals surface area contributed by atoms with Gasteiger partial charge in [0.15, 0.2) is 5.82 Å². The average Bonchev–Trinajstić information content (AvgIpc) is 3.33. The molecule has 0 unspecified atom stereocenters. The molecule has 0 bridgehead atoms. The van der Waals surface area contributed by atoms with E-state index in [1.807, 2.05) is 0 Å². The lowest BCUT2D eigenvalue weighted by Crippen LogP contribution is -2.57. The van der Waals surface area contributed by atoms with E-state index >= 15 is 4.39 Å². The van der Waals surface area contributed by atoms with E-state index in [0.717, 1.165) is 17.6 Å². The molecule has 2 aliphatic rings. The van der Waals surface area contributed by atoms with Gasteiger partial charge in [-0.2, -0.15) is 0 Å². The maximum absolute atomic E-state index is 16.1. The van der Waals surface area contributed by atoms with Gasteiger partial charge in [-0.25, -0.2) is 14.0 Å². The van der Waals surface area contributed by atoms with Gasteiger partial charge in [0, 0.05) is 19.9 Å². The molecular weight excluding hydrogens is 509 g/mol. The molecule has 1 aliphatic carbocycles. The second kappa shape index (κ2) is 13.0. The number of halogens is 1. The van der Waals surface area contributed by atoms with Gasteiger partial charge in [0.1, 0.15) is 17.3 Å². The number of nitrogens with zero attached hydrogens (tertiary/aromatic N) is 5. The number of piperidine rings is 1. The molecule has 220 valence electrons. The number of tetrazole rings is 1. The van der Waals surface area contributed by atoms with Gasteiger partial charge in [-0.05, 0) is 75.8 Å². The van der Waals surface area contributed by atoms with Crippen LogP contribution in [0.1, 0.15) is 92.3 Å². The third kappa shape index (κ3) is 8.86. The van der Waals surface area contributed by atoms with Crippen molar-refractivity contribution in [2.45, 2.75) is 117 Å². The van der Waals surface area contributed by atoms with Crippen molar-refractivity contribution in [3.05, 3.63) is 5.82 Å². The molecule has 2 heterocycles. The van der Waals surface area contributed by atoms with Crippen LogP contribution in [0.15, 0.2) is 0 Å². The van der Waals surface area contributed by atoms with Crippen molar-refractivity contribution in [1.82, 2.24) is 25.1 Å². The lowest BCUT2D eigenvalue weighted by molar-refractivity contribution is -0.156. The molecule has 1 aliphatic heterocycles. The van der Waals surface area contributed by atoms with E-state index in [-0.39, 0.29) is 37.3 Å². The molecule has 39 heavy (non-hydrogen) atoms. The summed E-state index contributed by atoms with van der Waals surface area (Å²) in [6.07, 6.45) is 3.34. The summed E-state index contributed by atoms with van der Waals surface area (Å²) in [7, 11) is 0. The van der Waals surface area contributed by atoms with Crippen molar-refractivity contribution in [3.8, 4) is 0 Å². The van der Waals surface area contributed by atoms with Gasteiger partial charge in [0.05, 0.1) is 6.61 Å². The number of likely N-dealkylation sites (tertiary alicyclic amines) is 1. The van der Waals surface area contributed by atoms with Gasteiger partial charge in [0.2, 0.25) is 6.73 Å². The molecule has 12 heteroatoms. The van der Waals surface area contributed by atoms with E-state index in [1.54, 1.807) is 20.8 Å². The third-order valence-corrected chi connectivity index (χ3v) is 7.78. The fourth-order valence-electron chi connectivity index (χ4n) is 5.44. The number of fused-ring (bicyclic) bond motifs is 1. The fourth-order valence-corrected chi connectivity index (χ4v) is 5.44. The lowest BCUT2D eigenvalue weighted by atomic mass is 9.67. The largest absolute Gasteiger partial charge is 0.464 e. The first-order chi connectivity index (χ1) is 18.3. The van der Waals surface area contributed by atoms with Crippen molar-refractivity contribution in [2.75, 3.05) is 13.2 Å². The Morgan fingerprint density at radius 2 is 1.87 bits per heavy atom. The van der Waals surface area contributed by atoms with Crippen LogP contribution in [0.4, 0.5) is 9.18 Å². The van der Waals surface area contributed by atoms with Crippen LogP contribution in [0.3, 0.4) is 0 Å². The summed E-state index contributed by atoms with van der Waals surface area (Å²) in [5.41, 5.74) is -2.15. The highest BCUT2D eigenvalue weighted by Crippen LogP contribution is 2.46. The van der Waals surface area contributed by atoms with Gasteiger partial charge < -0.3 is 14.2 Å². The minimum atomic E-state index is -1.44. The van der Waals surface area contributed by atoms with Gasteiger partial charge in [-0.15, -0.1) is 15.0 Å². The Morgan fingerprint density at radius 3 is 2.51 bits per heavy atom. The summed E-state index contributed by atoms with van der Waals surface area (Å²) in [4.78, 5) is 40.0. The molecule has 0 spiro atoms. The summed E-state index contributed by atoms with van der Waals surface area (Å²) in [5.74, 6) is -0.260. The second-order valence-electron chi connectivity index (χ2n) is 12.0. The van der Waals surface area contributed by atoms with Crippen LogP contribution >= 0.6 is 0 Å². The summed E-state index contributed by atoms with van der Waals surface area (Å²) in [6.45, 7) is 11.3. The number of alkyl halides is 1. The van der Waals surface area contributed by atoms with Crippen LogP contribution in [-0.4, -0.2) is 73.6 Å². The highest BCUT2D eigenvalue weighted by molar-refractivity contribution is 5.82. The molecular formula is C27H44FN5O6. The number of rotatable bonds is 10. The Balaban J connectivity index is 1.66. The van der Waals surface area contributed by atoms with Crippen molar-refractivity contribution in [3.63, 3.8) is 0 Å². The molecule has 1 saturated heterocycles. The number of carbonyl (C=O) groups is 3. The Labute approximate surface area is 230 Å². The first-order valence-electron chi connectivity index (χ1n) is 14.1. The minimum absolute atomic E-state index is 0.0688. The Bertz CT molecular complexity index is 994. The van der Waals surface area contributed by atoms with Crippen LogP contribution in [0.5, 0.6) is 0 Å². The van der Waals surface area contributed by atoms with Crippen LogP contribution < -0.4 is 0 Å². The predicted molar refractivity (Wildman–Crippen MR) is 139 cm³/mol.